The molecule has 1 aliphatic heterocycles. The van der Waals surface area contributed by atoms with E-state index in [1.165, 1.54) is 6.42 Å². The molecule has 0 radical (unpaired) electrons. The molecule has 1 N–H and O–H groups in total. The number of rotatable bonds is 3. The lowest BCUT2D eigenvalue weighted by molar-refractivity contribution is 0.221. The number of pyridine rings is 1. The largest absolute Gasteiger partial charge is 0.497 e. The number of nitrogens with zero attached hydrogens (tertiary/aromatic N) is 2. The number of aromatic nitrogens is 1. The average molecular weight is 263 g/mol. The van der Waals surface area contributed by atoms with Gasteiger partial charge in [-0.3, -0.25) is 9.88 Å². The summed E-state index contributed by atoms with van der Waals surface area (Å²) >= 11 is 0. The van der Waals surface area contributed by atoms with E-state index in [1.807, 2.05) is 19.1 Å². The molecule has 0 aliphatic carbocycles. The quantitative estimate of drug-likeness (QED) is 0.905. The summed E-state index contributed by atoms with van der Waals surface area (Å²) in [5.41, 5.74) is 2.28. The molecule has 0 atom stereocenters. The van der Waals surface area contributed by atoms with Crippen LogP contribution in [0.3, 0.4) is 0 Å². The molecule has 1 aromatic rings. The van der Waals surface area contributed by atoms with Gasteiger partial charge in [0.2, 0.25) is 0 Å². The van der Waals surface area contributed by atoms with Gasteiger partial charge < -0.3 is 10.1 Å². The van der Waals surface area contributed by atoms with Crippen molar-refractivity contribution in [3.8, 4) is 5.75 Å². The summed E-state index contributed by atoms with van der Waals surface area (Å²) in [6.45, 7) is 10.7. The van der Waals surface area contributed by atoms with Crippen LogP contribution in [0.4, 0.5) is 0 Å². The van der Waals surface area contributed by atoms with Crippen LogP contribution in [-0.4, -0.2) is 42.2 Å². The molecular formula is C15H25N3O. The molecule has 1 saturated heterocycles. The second-order valence-electron chi connectivity index (χ2n) is 6.01. The van der Waals surface area contributed by atoms with Crippen LogP contribution >= 0.6 is 0 Å². The highest BCUT2D eigenvalue weighted by Gasteiger charge is 2.24. The summed E-state index contributed by atoms with van der Waals surface area (Å²) in [5.74, 6) is 0.898. The van der Waals surface area contributed by atoms with Crippen molar-refractivity contribution in [2.75, 3.05) is 26.7 Å². The van der Waals surface area contributed by atoms with Crippen LogP contribution in [0.2, 0.25) is 0 Å². The number of hydrogen-bond donors (Lipinski definition) is 1. The first kappa shape index (κ1) is 14.3. The summed E-state index contributed by atoms with van der Waals surface area (Å²) in [5, 5.41) is 3.58. The maximum Gasteiger partial charge on any atom is 0.122 e. The Bertz CT molecular complexity index is 431. The SMILES string of the molecule is COc1cc(C)nc(CN2CCCNC(C)(C)C2)c1. The second-order valence-corrected chi connectivity index (χ2v) is 6.01. The third-order valence-corrected chi connectivity index (χ3v) is 3.47. The Labute approximate surface area is 116 Å². The van der Waals surface area contributed by atoms with Crippen LogP contribution in [0.25, 0.3) is 0 Å². The molecule has 0 unspecified atom stereocenters. The molecule has 4 nitrogen and oxygen atoms in total. The molecule has 1 aromatic heterocycles. The molecule has 4 heteroatoms. The normalized spacial score (nSPS) is 20.0. The van der Waals surface area contributed by atoms with Crippen LogP contribution in [0.5, 0.6) is 5.75 Å². The van der Waals surface area contributed by atoms with Crippen molar-refractivity contribution in [3.63, 3.8) is 0 Å². The number of hydrogen-bond acceptors (Lipinski definition) is 4. The third kappa shape index (κ3) is 4.18. The minimum Gasteiger partial charge on any atom is -0.497 e. The van der Waals surface area contributed by atoms with Gasteiger partial charge in [0.25, 0.3) is 0 Å². The van der Waals surface area contributed by atoms with Crippen LogP contribution in [0.1, 0.15) is 31.7 Å². The monoisotopic (exact) mass is 263 g/mol. The van der Waals surface area contributed by atoms with Crippen molar-refractivity contribution < 1.29 is 4.74 Å². The van der Waals surface area contributed by atoms with E-state index in [0.717, 1.165) is 43.3 Å². The summed E-state index contributed by atoms with van der Waals surface area (Å²) in [6.07, 6.45) is 1.19. The standard InChI is InChI=1S/C15H25N3O/c1-12-8-14(19-4)9-13(17-12)10-18-7-5-6-16-15(2,3)11-18/h8-9,16H,5-7,10-11H2,1-4H3. The van der Waals surface area contributed by atoms with E-state index in [-0.39, 0.29) is 5.54 Å². The van der Waals surface area contributed by atoms with E-state index in [9.17, 15) is 0 Å². The highest BCUT2D eigenvalue weighted by molar-refractivity contribution is 5.26. The maximum atomic E-state index is 5.32. The van der Waals surface area contributed by atoms with Crippen LogP contribution in [-0.2, 0) is 6.54 Å². The molecular weight excluding hydrogens is 238 g/mol. The van der Waals surface area contributed by atoms with Gasteiger partial charge in [0.1, 0.15) is 5.75 Å². The van der Waals surface area contributed by atoms with Crippen LogP contribution in [0, 0.1) is 6.92 Å². The van der Waals surface area contributed by atoms with Gasteiger partial charge >= 0.3 is 0 Å². The van der Waals surface area contributed by atoms with Crippen LogP contribution < -0.4 is 10.1 Å². The van der Waals surface area contributed by atoms with E-state index in [0.29, 0.717) is 0 Å². The minimum absolute atomic E-state index is 0.171. The molecule has 0 bridgehead atoms. The molecule has 0 amide bonds. The zero-order valence-corrected chi connectivity index (χ0v) is 12.5. The second kappa shape index (κ2) is 5.88. The number of nitrogens with one attached hydrogen (secondary N) is 1. The Morgan fingerprint density at radius 1 is 1.42 bits per heavy atom. The van der Waals surface area contributed by atoms with Gasteiger partial charge in [0.05, 0.1) is 12.8 Å². The lowest BCUT2D eigenvalue weighted by atomic mass is 10.1. The average Bonchev–Trinajstić information content (AvgIpc) is 2.49. The summed E-state index contributed by atoms with van der Waals surface area (Å²) in [4.78, 5) is 7.09. The molecule has 0 spiro atoms. The molecule has 1 aliphatic rings. The molecule has 0 aromatic carbocycles. The molecule has 2 heterocycles. The maximum absolute atomic E-state index is 5.32. The smallest absolute Gasteiger partial charge is 0.122 e. The first-order valence-electron chi connectivity index (χ1n) is 6.97. The summed E-state index contributed by atoms with van der Waals surface area (Å²) in [7, 11) is 1.71. The fraction of sp³-hybridized carbons (Fsp3) is 0.667. The Kier molecular flexibility index (Phi) is 4.42. The summed E-state index contributed by atoms with van der Waals surface area (Å²) in [6, 6.07) is 4.01. The zero-order valence-electron chi connectivity index (χ0n) is 12.5. The molecule has 0 saturated carbocycles. The summed E-state index contributed by atoms with van der Waals surface area (Å²) < 4.78 is 5.32. The van der Waals surface area contributed by atoms with Gasteiger partial charge in [0.15, 0.2) is 0 Å². The van der Waals surface area contributed by atoms with E-state index in [2.05, 4.69) is 29.0 Å². The van der Waals surface area contributed by atoms with Crippen molar-refractivity contribution >= 4 is 0 Å². The minimum atomic E-state index is 0.171. The van der Waals surface area contributed by atoms with Crippen molar-refractivity contribution in [2.45, 2.75) is 39.3 Å². The molecule has 106 valence electrons. The fourth-order valence-corrected chi connectivity index (χ4v) is 2.69. The Balaban J connectivity index is 2.09. The number of ether oxygens (including phenoxy) is 1. The first-order chi connectivity index (χ1) is 8.98. The highest BCUT2D eigenvalue weighted by Crippen LogP contribution is 2.17. The van der Waals surface area contributed by atoms with Gasteiger partial charge in [-0.05, 0) is 40.3 Å². The van der Waals surface area contributed by atoms with Crippen LogP contribution in [0.15, 0.2) is 12.1 Å². The first-order valence-corrected chi connectivity index (χ1v) is 6.97. The van der Waals surface area contributed by atoms with E-state index in [4.69, 9.17) is 4.74 Å². The van der Waals surface area contributed by atoms with Crippen molar-refractivity contribution in [1.29, 1.82) is 0 Å². The van der Waals surface area contributed by atoms with Gasteiger partial charge in [-0.15, -0.1) is 0 Å². The van der Waals surface area contributed by atoms with Crippen molar-refractivity contribution in [2.24, 2.45) is 0 Å². The van der Waals surface area contributed by atoms with Crippen molar-refractivity contribution in [1.82, 2.24) is 15.2 Å². The Morgan fingerprint density at radius 2 is 2.21 bits per heavy atom. The lowest BCUT2D eigenvalue weighted by Gasteiger charge is -2.29. The van der Waals surface area contributed by atoms with E-state index >= 15 is 0 Å². The van der Waals surface area contributed by atoms with E-state index < -0.39 is 0 Å². The highest BCUT2D eigenvalue weighted by atomic mass is 16.5. The van der Waals surface area contributed by atoms with Gasteiger partial charge in [-0.2, -0.15) is 0 Å². The number of aryl methyl sites for hydroxylation is 1. The number of methoxy groups -OCH3 is 1. The Morgan fingerprint density at radius 3 is 2.95 bits per heavy atom. The predicted octanol–water partition coefficient (Wildman–Crippen LogP) is 1.97. The van der Waals surface area contributed by atoms with Crippen molar-refractivity contribution in [3.05, 3.63) is 23.5 Å². The predicted molar refractivity (Wildman–Crippen MR) is 77.5 cm³/mol. The third-order valence-electron chi connectivity index (χ3n) is 3.47. The van der Waals surface area contributed by atoms with Gasteiger partial charge in [0, 0.05) is 36.5 Å². The van der Waals surface area contributed by atoms with Gasteiger partial charge in [-0.25, -0.2) is 0 Å². The zero-order chi connectivity index (χ0) is 13.9. The molecule has 2 rings (SSSR count). The topological polar surface area (TPSA) is 37.4 Å². The molecule has 1 fully saturated rings. The Hall–Kier alpha value is -1.13. The fourth-order valence-electron chi connectivity index (χ4n) is 2.69. The van der Waals surface area contributed by atoms with Gasteiger partial charge in [-0.1, -0.05) is 0 Å². The molecule has 19 heavy (non-hydrogen) atoms. The van der Waals surface area contributed by atoms with E-state index in [1.54, 1.807) is 7.11 Å². The lowest BCUT2D eigenvalue weighted by Crippen LogP contribution is -2.46.